The largest absolute Gasteiger partial charge is 0.496 e. The maximum atomic E-state index is 6.03. The second kappa shape index (κ2) is 12.0. The summed E-state index contributed by atoms with van der Waals surface area (Å²) in [4.78, 5) is 1.04. The zero-order chi connectivity index (χ0) is 23.0. The number of fused-ring (bicyclic) bond motifs is 1. The van der Waals surface area contributed by atoms with Gasteiger partial charge in [0, 0.05) is 16.2 Å². The van der Waals surface area contributed by atoms with Gasteiger partial charge >= 0.3 is 0 Å². The second-order valence-electron chi connectivity index (χ2n) is 8.20. The SMILES string of the molecule is C=C(S/C=C(\C)Cc1cc(C)c(N)cc1C)c1cc2c(cc1OC)CCCCC2.CC. The Labute approximate surface area is 194 Å². The molecule has 0 spiro atoms. The fourth-order valence-electron chi connectivity index (χ4n) is 3.99. The molecule has 0 saturated heterocycles. The van der Waals surface area contributed by atoms with Gasteiger partial charge in [-0.05, 0) is 104 Å². The molecule has 1 aliphatic rings. The van der Waals surface area contributed by atoms with E-state index in [-0.39, 0.29) is 0 Å². The highest BCUT2D eigenvalue weighted by atomic mass is 32.2. The number of allylic oxidation sites excluding steroid dienone is 1. The normalized spacial score (nSPS) is 13.5. The van der Waals surface area contributed by atoms with Crippen molar-refractivity contribution in [3.63, 3.8) is 0 Å². The Kier molecular flexibility index (Phi) is 9.77. The van der Waals surface area contributed by atoms with Gasteiger partial charge < -0.3 is 10.5 Å². The van der Waals surface area contributed by atoms with Crippen molar-refractivity contribution in [3.8, 4) is 5.75 Å². The lowest BCUT2D eigenvalue weighted by molar-refractivity contribution is 0.413. The van der Waals surface area contributed by atoms with Crippen molar-refractivity contribution in [1.29, 1.82) is 0 Å². The van der Waals surface area contributed by atoms with Crippen molar-refractivity contribution < 1.29 is 4.74 Å². The number of nitrogen functional groups attached to an aromatic ring is 1. The molecule has 168 valence electrons. The molecule has 1 aliphatic carbocycles. The summed E-state index contributed by atoms with van der Waals surface area (Å²) in [6.07, 6.45) is 7.11. The highest BCUT2D eigenvalue weighted by Crippen LogP contribution is 2.37. The first-order chi connectivity index (χ1) is 14.9. The van der Waals surface area contributed by atoms with Gasteiger partial charge in [0.25, 0.3) is 0 Å². The van der Waals surface area contributed by atoms with Gasteiger partial charge in [0.15, 0.2) is 0 Å². The minimum Gasteiger partial charge on any atom is -0.496 e. The first-order valence-electron chi connectivity index (χ1n) is 11.5. The van der Waals surface area contributed by atoms with Crippen LogP contribution < -0.4 is 10.5 Å². The van der Waals surface area contributed by atoms with Crippen LogP contribution in [0.1, 0.15) is 73.4 Å². The maximum absolute atomic E-state index is 6.03. The van der Waals surface area contributed by atoms with Gasteiger partial charge in [0.2, 0.25) is 0 Å². The predicted octanol–water partition coefficient (Wildman–Crippen LogP) is 8.04. The van der Waals surface area contributed by atoms with Crippen molar-refractivity contribution in [2.24, 2.45) is 0 Å². The molecule has 0 radical (unpaired) electrons. The Morgan fingerprint density at radius 2 is 1.68 bits per heavy atom. The van der Waals surface area contributed by atoms with Gasteiger partial charge in [-0.25, -0.2) is 0 Å². The van der Waals surface area contributed by atoms with Crippen molar-refractivity contribution in [2.45, 2.75) is 73.1 Å². The van der Waals surface area contributed by atoms with Crippen molar-refractivity contribution >= 4 is 22.4 Å². The molecule has 2 aromatic carbocycles. The Bertz CT molecular complexity index is 943. The van der Waals surface area contributed by atoms with Gasteiger partial charge in [0.1, 0.15) is 5.75 Å². The number of hydrogen-bond donors (Lipinski definition) is 1. The molecule has 0 amide bonds. The van der Waals surface area contributed by atoms with E-state index < -0.39 is 0 Å². The summed E-state index contributed by atoms with van der Waals surface area (Å²) in [7, 11) is 1.76. The van der Waals surface area contributed by atoms with Crippen LogP contribution in [0.15, 0.2) is 41.8 Å². The second-order valence-corrected chi connectivity index (χ2v) is 9.16. The fourth-order valence-corrected chi connectivity index (χ4v) is 4.71. The predicted molar refractivity (Wildman–Crippen MR) is 140 cm³/mol. The van der Waals surface area contributed by atoms with Crippen LogP contribution in [0, 0.1) is 13.8 Å². The van der Waals surface area contributed by atoms with Crippen molar-refractivity contribution in [1.82, 2.24) is 0 Å². The summed E-state index contributed by atoms with van der Waals surface area (Å²) >= 11 is 1.69. The number of thioether (sulfide) groups is 1. The van der Waals surface area contributed by atoms with Crippen LogP contribution in [-0.2, 0) is 19.3 Å². The van der Waals surface area contributed by atoms with E-state index >= 15 is 0 Å². The third-order valence-corrected chi connectivity index (χ3v) is 6.84. The molecule has 2 aromatic rings. The molecule has 0 heterocycles. The average molecular weight is 438 g/mol. The molecule has 0 aliphatic heterocycles. The molecule has 0 atom stereocenters. The minimum atomic E-state index is 0.867. The lowest BCUT2D eigenvalue weighted by Gasteiger charge is -2.15. The quantitative estimate of drug-likeness (QED) is 0.367. The van der Waals surface area contributed by atoms with E-state index in [1.54, 1.807) is 18.9 Å². The van der Waals surface area contributed by atoms with E-state index in [1.807, 2.05) is 13.8 Å². The molecule has 0 fully saturated rings. The molecule has 3 heteroatoms. The number of aryl methyl sites for hydroxylation is 4. The van der Waals surface area contributed by atoms with Gasteiger partial charge in [-0.1, -0.05) is 50.2 Å². The van der Waals surface area contributed by atoms with Gasteiger partial charge in [-0.15, -0.1) is 0 Å². The van der Waals surface area contributed by atoms with Crippen LogP contribution in [0.2, 0.25) is 0 Å². The number of benzene rings is 2. The van der Waals surface area contributed by atoms with Crippen LogP contribution in [-0.4, -0.2) is 7.11 Å². The van der Waals surface area contributed by atoms with Crippen LogP contribution in [0.4, 0.5) is 5.69 Å². The topological polar surface area (TPSA) is 35.2 Å². The molecule has 0 aromatic heterocycles. The summed E-state index contributed by atoms with van der Waals surface area (Å²) in [6, 6.07) is 8.83. The maximum Gasteiger partial charge on any atom is 0.127 e. The van der Waals surface area contributed by atoms with Crippen molar-refractivity contribution in [2.75, 3.05) is 12.8 Å². The number of rotatable bonds is 6. The summed E-state index contributed by atoms with van der Waals surface area (Å²) in [5.41, 5.74) is 16.0. The third-order valence-electron chi connectivity index (χ3n) is 5.81. The van der Waals surface area contributed by atoms with Crippen LogP contribution in [0.25, 0.3) is 4.91 Å². The van der Waals surface area contributed by atoms with E-state index in [2.05, 4.69) is 57.0 Å². The van der Waals surface area contributed by atoms with Crippen LogP contribution in [0.5, 0.6) is 5.75 Å². The number of hydrogen-bond acceptors (Lipinski definition) is 3. The summed E-state index contributed by atoms with van der Waals surface area (Å²) in [5, 5.41) is 2.22. The summed E-state index contributed by atoms with van der Waals surface area (Å²) < 4.78 is 5.71. The average Bonchev–Trinajstić information content (AvgIpc) is 3.01. The zero-order valence-corrected chi connectivity index (χ0v) is 21.0. The van der Waals surface area contributed by atoms with Crippen molar-refractivity contribution in [3.05, 3.63) is 75.2 Å². The summed E-state index contributed by atoms with van der Waals surface area (Å²) in [5.74, 6) is 0.944. The molecule has 2 nitrogen and oxygen atoms in total. The number of methoxy groups -OCH3 is 1. The number of anilines is 1. The van der Waals surface area contributed by atoms with Crippen LogP contribution >= 0.6 is 11.8 Å². The Morgan fingerprint density at radius 1 is 1.03 bits per heavy atom. The summed E-state index contributed by atoms with van der Waals surface area (Å²) in [6.45, 7) is 14.7. The van der Waals surface area contributed by atoms with E-state index in [9.17, 15) is 0 Å². The minimum absolute atomic E-state index is 0.867. The lowest BCUT2D eigenvalue weighted by atomic mass is 9.99. The Morgan fingerprint density at radius 3 is 2.32 bits per heavy atom. The Hall–Kier alpha value is -2.13. The third kappa shape index (κ3) is 6.67. The van der Waals surface area contributed by atoms with E-state index in [0.717, 1.165) is 46.7 Å². The molecule has 0 bridgehead atoms. The highest BCUT2D eigenvalue weighted by molar-refractivity contribution is 8.10. The monoisotopic (exact) mass is 437 g/mol. The molecule has 0 unspecified atom stereocenters. The highest BCUT2D eigenvalue weighted by Gasteiger charge is 2.15. The van der Waals surface area contributed by atoms with Gasteiger partial charge in [-0.3, -0.25) is 0 Å². The number of nitrogens with two attached hydrogens (primary N) is 1. The standard InChI is InChI=1S/C26H33NOS.C2H6/c1-17(11-23-12-19(3)25(27)13-18(23)2)16-29-20(4)24-14-21-9-7-6-8-10-22(21)15-26(24)28-5;1-2/h12-16H,4,6-11,27H2,1-3,5H3;1-2H3/b17-16+;. The molecule has 31 heavy (non-hydrogen) atoms. The van der Waals surface area contributed by atoms with E-state index in [4.69, 9.17) is 10.5 Å². The van der Waals surface area contributed by atoms with Crippen LogP contribution in [0.3, 0.4) is 0 Å². The first kappa shape index (κ1) is 25.1. The number of ether oxygens (including phenoxy) is 1. The van der Waals surface area contributed by atoms with Gasteiger partial charge in [-0.2, -0.15) is 0 Å². The molecule has 0 saturated carbocycles. The Balaban J connectivity index is 0.00000166. The molecule has 3 rings (SSSR count). The van der Waals surface area contributed by atoms with Gasteiger partial charge in [0.05, 0.1) is 7.11 Å². The van der Waals surface area contributed by atoms with E-state index in [1.165, 1.54) is 47.1 Å². The molecular weight excluding hydrogens is 398 g/mol. The first-order valence-corrected chi connectivity index (χ1v) is 12.3. The lowest BCUT2D eigenvalue weighted by Crippen LogP contribution is -1.98. The van der Waals surface area contributed by atoms with E-state index in [0.29, 0.717) is 0 Å². The molecular formula is C28H39NOS. The zero-order valence-electron chi connectivity index (χ0n) is 20.2. The fraction of sp³-hybridized carbons (Fsp3) is 0.429. The molecule has 2 N–H and O–H groups in total. The smallest absolute Gasteiger partial charge is 0.127 e.